The summed E-state index contributed by atoms with van der Waals surface area (Å²) in [6, 6.07) is 20.9. The van der Waals surface area contributed by atoms with Crippen molar-refractivity contribution in [2.45, 2.75) is 11.6 Å². The van der Waals surface area contributed by atoms with Crippen LogP contribution in [0.2, 0.25) is 5.02 Å². The summed E-state index contributed by atoms with van der Waals surface area (Å²) >= 11 is 8.62. The number of tetrazole rings is 1. The second kappa shape index (κ2) is 8.64. The SMILES string of the molecule is CN1c2ccc(C(O)(c3ccc(I)cc3)c3nncn3C)cc2C(c2cccc(Cl)c2)n2nnnc21. The van der Waals surface area contributed by atoms with Gasteiger partial charge in [-0.15, -0.1) is 10.2 Å². The molecule has 0 saturated carbocycles. The van der Waals surface area contributed by atoms with Crippen LogP contribution in [0, 0.1) is 3.57 Å². The van der Waals surface area contributed by atoms with Crippen molar-refractivity contribution in [2.24, 2.45) is 7.05 Å². The number of anilines is 2. The van der Waals surface area contributed by atoms with Gasteiger partial charge in [-0.1, -0.05) is 47.0 Å². The summed E-state index contributed by atoms with van der Waals surface area (Å²) in [6.07, 6.45) is 1.58. The standard InChI is InChI=1S/C25H20ClIN8O/c1-33-14-28-29-23(33)25(36,16-6-9-19(27)10-7-16)17-8-11-21-20(13-17)22(15-4-3-5-18(26)12-15)35-24(34(21)2)30-31-32-35/h3-14,22,36H,1-2H3. The number of nitrogens with zero attached hydrogens (tertiary/aromatic N) is 8. The third-order valence-electron chi connectivity index (χ3n) is 6.58. The van der Waals surface area contributed by atoms with Crippen LogP contribution in [0.1, 0.15) is 34.1 Å². The molecule has 0 bridgehead atoms. The van der Waals surface area contributed by atoms with Crippen LogP contribution in [0.3, 0.4) is 0 Å². The predicted molar refractivity (Wildman–Crippen MR) is 143 cm³/mol. The van der Waals surface area contributed by atoms with Gasteiger partial charge in [0.05, 0.1) is 0 Å². The first-order valence-corrected chi connectivity index (χ1v) is 12.6. The first-order valence-electron chi connectivity index (χ1n) is 11.1. The fraction of sp³-hybridized carbons (Fsp3) is 0.160. The molecule has 2 aromatic heterocycles. The van der Waals surface area contributed by atoms with E-state index < -0.39 is 5.60 Å². The molecule has 3 aromatic carbocycles. The van der Waals surface area contributed by atoms with E-state index in [0.29, 0.717) is 27.9 Å². The molecule has 0 aliphatic carbocycles. The molecular weight excluding hydrogens is 591 g/mol. The fourth-order valence-corrected chi connectivity index (χ4v) is 5.40. The molecule has 1 aliphatic rings. The first-order chi connectivity index (χ1) is 17.4. The van der Waals surface area contributed by atoms with Crippen LogP contribution in [0.25, 0.3) is 0 Å². The summed E-state index contributed by atoms with van der Waals surface area (Å²) < 4.78 is 4.57. The Labute approximate surface area is 225 Å². The summed E-state index contributed by atoms with van der Waals surface area (Å²) in [7, 11) is 3.74. The van der Waals surface area contributed by atoms with Crippen LogP contribution >= 0.6 is 34.2 Å². The summed E-state index contributed by atoms with van der Waals surface area (Å²) in [4.78, 5) is 1.94. The molecular formula is C25H20ClIN8O. The van der Waals surface area contributed by atoms with Crippen LogP contribution in [0.4, 0.5) is 11.6 Å². The Morgan fingerprint density at radius 2 is 1.75 bits per heavy atom. The lowest BCUT2D eigenvalue weighted by atomic mass is 9.82. The molecule has 180 valence electrons. The van der Waals surface area contributed by atoms with E-state index in [2.05, 4.69) is 48.3 Å². The molecule has 0 radical (unpaired) electrons. The number of aryl methyl sites for hydroxylation is 1. The van der Waals surface area contributed by atoms with Crippen LogP contribution in [-0.4, -0.2) is 47.1 Å². The lowest BCUT2D eigenvalue weighted by Gasteiger charge is -2.35. The van der Waals surface area contributed by atoms with Crippen LogP contribution in [0.15, 0.2) is 73.1 Å². The molecule has 0 saturated heterocycles. The molecule has 2 atom stereocenters. The zero-order valence-electron chi connectivity index (χ0n) is 19.3. The molecule has 6 rings (SSSR count). The van der Waals surface area contributed by atoms with E-state index >= 15 is 0 Å². The van der Waals surface area contributed by atoms with Gasteiger partial charge in [-0.3, -0.25) is 0 Å². The highest BCUT2D eigenvalue weighted by Crippen LogP contribution is 2.45. The predicted octanol–water partition coefficient (Wildman–Crippen LogP) is 4.06. The van der Waals surface area contributed by atoms with E-state index in [4.69, 9.17) is 11.6 Å². The number of halogens is 2. The van der Waals surface area contributed by atoms with Gasteiger partial charge in [-0.05, 0) is 86.1 Å². The second-order valence-corrected chi connectivity index (χ2v) is 10.4. The molecule has 2 unspecified atom stereocenters. The van der Waals surface area contributed by atoms with Crippen molar-refractivity contribution in [2.75, 3.05) is 11.9 Å². The number of aliphatic hydroxyl groups is 1. The molecule has 1 N–H and O–H groups in total. The molecule has 0 amide bonds. The topological polar surface area (TPSA) is 97.8 Å². The monoisotopic (exact) mass is 610 g/mol. The zero-order chi connectivity index (χ0) is 25.0. The van der Waals surface area contributed by atoms with Crippen molar-refractivity contribution in [3.8, 4) is 0 Å². The Morgan fingerprint density at radius 3 is 2.47 bits per heavy atom. The number of hydrogen-bond donors (Lipinski definition) is 1. The smallest absolute Gasteiger partial charge is 0.250 e. The van der Waals surface area contributed by atoms with Crippen LogP contribution < -0.4 is 4.90 Å². The Morgan fingerprint density at radius 1 is 0.972 bits per heavy atom. The Hall–Kier alpha value is -3.35. The van der Waals surface area contributed by atoms with Gasteiger partial charge in [0.1, 0.15) is 12.4 Å². The fourth-order valence-electron chi connectivity index (χ4n) is 4.84. The van der Waals surface area contributed by atoms with E-state index in [1.165, 1.54) is 0 Å². The molecule has 5 aromatic rings. The zero-order valence-corrected chi connectivity index (χ0v) is 22.2. The Balaban J connectivity index is 1.61. The maximum Gasteiger partial charge on any atom is 0.250 e. The lowest BCUT2D eigenvalue weighted by molar-refractivity contribution is 0.112. The van der Waals surface area contributed by atoms with Crippen molar-refractivity contribution in [1.82, 2.24) is 35.0 Å². The first kappa shape index (κ1) is 23.1. The second-order valence-electron chi connectivity index (χ2n) is 8.70. The average Bonchev–Trinajstić information content (AvgIpc) is 3.54. The van der Waals surface area contributed by atoms with Gasteiger partial charge in [0.15, 0.2) is 11.4 Å². The van der Waals surface area contributed by atoms with E-state index in [1.807, 2.05) is 85.7 Å². The highest BCUT2D eigenvalue weighted by atomic mass is 127. The van der Waals surface area contributed by atoms with E-state index in [0.717, 1.165) is 20.4 Å². The molecule has 11 heteroatoms. The normalized spacial score (nSPS) is 16.4. The van der Waals surface area contributed by atoms with Crippen LogP contribution in [-0.2, 0) is 12.6 Å². The molecule has 36 heavy (non-hydrogen) atoms. The minimum atomic E-state index is -1.55. The largest absolute Gasteiger partial charge is 0.373 e. The van der Waals surface area contributed by atoms with E-state index in [-0.39, 0.29) is 6.04 Å². The maximum absolute atomic E-state index is 12.4. The lowest BCUT2D eigenvalue weighted by Crippen LogP contribution is -2.34. The number of rotatable bonds is 4. The van der Waals surface area contributed by atoms with Gasteiger partial charge in [0, 0.05) is 33.9 Å². The molecule has 0 fully saturated rings. The van der Waals surface area contributed by atoms with Crippen LogP contribution in [0.5, 0.6) is 0 Å². The van der Waals surface area contributed by atoms with Gasteiger partial charge < -0.3 is 14.6 Å². The average molecular weight is 611 g/mol. The van der Waals surface area contributed by atoms with Gasteiger partial charge >= 0.3 is 0 Å². The quantitative estimate of drug-likeness (QED) is 0.307. The highest BCUT2D eigenvalue weighted by molar-refractivity contribution is 14.1. The van der Waals surface area contributed by atoms with Gasteiger partial charge in [0.25, 0.3) is 5.95 Å². The van der Waals surface area contributed by atoms with E-state index in [9.17, 15) is 5.11 Å². The molecule has 3 heterocycles. The van der Waals surface area contributed by atoms with Gasteiger partial charge in [0.2, 0.25) is 0 Å². The van der Waals surface area contributed by atoms with Gasteiger partial charge in [-0.2, -0.15) is 4.68 Å². The van der Waals surface area contributed by atoms with Crippen molar-refractivity contribution >= 4 is 45.8 Å². The summed E-state index contributed by atoms with van der Waals surface area (Å²) in [5, 5.41) is 33.8. The van der Waals surface area contributed by atoms with Crippen molar-refractivity contribution < 1.29 is 5.11 Å². The van der Waals surface area contributed by atoms with Crippen molar-refractivity contribution in [3.05, 3.63) is 110 Å². The minimum Gasteiger partial charge on any atom is -0.373 e. The van der Waals surface area contributed by atoms with E-state index in [1.54, 1.807) is 15.6 Å². The third-order valence-corrected chi connectivity index (χ3v) is 7.54. The number of aromatic nitrogens is 7. The van der Waals surface area contributed by atoms with Gasteiger partial charge in [-0.25, -0.2) is 0 Å². The highest BCUT2D eigenvalue weighted by Gasteiger charge is 2.41. The molecule has 1 aliphatic heterocycles. The summed E-state index contributed by atoms with van der Waals surface area (Å²) in [5.41, 5.74) is 2.56. The number of benzene rings is 3. The minimum absolute atomic E-state index is 0.347. The number of fused-ring (bicyclic) bond motifs is 2. The summed E-state index contributed by atoms with van der Waals surface area (Å²) in [6.45, 7) is 0. The molecule has 9 nitrogen and oxygen atoms in total. The van der Waals surface area contributed by atoms with Crippen molar-refractivity contribution in [3.63, 3.8) is 0 Å². The number of hydrogen-bond acceptors (Lipinski definition) is 7. The summed E-state index contributed by atoms with van der Waals surface area (Å²) in [5.74, 6) is 1.02. The maximum atomic E-state index is 12.4. The Bertz CT molecular complexity index is 1580. The molecule has 0 spiro atoms. The Kier molecular flexibility index (Phi) is 5.54. The third kappa shape index (κ3) is 3.51. The van der Waals surface area contributed by atoms with Crippen molar-refractivity contribution in [1.29, 1.82) is 0 Å².